The number of nitrogens with zero attached hydrogens (tertiary/aromatic N) is 1. The number of fused-ring (bicyclic) bond motifs is 1. The molecule has 1 heterocycles. The Bertz CT molecular complexity index is 990. The third-order valence-electron chi connectivity index (χ3n) is 5.46. The van der Waals surface area contributed by atoms with E-state index < -0.39 is 5.97 Å². The van der Waals surface area contributed by atoms with Gasteiger partial charge in [0.2, 0.25) is 0 Å². The number of benzene rings is 2. The van der Waals surface area contributed by atoms with Crippen molar-refractivity contribution < 1.29 is 14.7 Å². The largest absolute Gasteiger partial charge is 0.478 e. The third-order valence-corrected chi connectivity index (χ3v) is 5.46. The molecule has 2 aromatic carbocycles. The van der Waals surface area contributed by atoms with Crippen LogP contribution in [0.25, 0.3) is 0 Å². The Labute approximate surface area is 177 Å². The van der Waals surface area contributed by atoms with Gasteiger partial charge in [-0.15, -0.1) is 0 Å². The summed E-state index contributed by atoms with van der Waals surface area (Å²) in [7, 11) is 0. The molecular formula is C25H28N2O3. The number of hydrogen-bond donors (Lipinski definition) is 2. The van der Waals surface area contributed by atoms with Gasteiger partial charge in [0.05, 0.1) is 22.9 Å². The molecule has 5 nitrogen and oxygen atoms in total. The topological polar surface area (TPSA) is 69.6 Å². The fourth-order valence-electron chi connectivity index (χ4n) is 3.82. The van der Waals surface area contributed by atoms with Crippen molar-refractivity contribution in [3.63, 3.8) is 0 Å². The quantitative estimate of drug-likeness (QED) is 0.653. The Kier molecular flexibility index (Phi) is 6.72. The molecule has 5 heteroatoms. The minimum Gasteiger partial charge on any atom is -0.478 e. The minimum absolute atomic E-state index is 0.123. The maximum Gasteiger partial charge on any atom is 0.335 e. The number of carbonyl (C=O) groups excluding carboxylic acids is 1. The summed E-state index contributed by atoms with van der Waals surface area (Å²) in [6.45, 7) is 7.59. The summed E-state index contributed by atoms with van der Waals surface area (Å²) in [6.07, 6.45) is 7.16. The highest BCUT2D eigenvalue weighted by atomic mass is 16.4. The van der Waals surface area contributed by atoms with Crippen LogP contribution in [0.4, 0.5) is 5.69 Å². The molecule has 2 N–H and O–H groups in total. The van der Waals surface area contributed by atoms with E-state index in [1.165, 1.54) is 11.1 Å². The Balaban J connectivity index is 1.80. The molecule has 0 unspecified atom stereocenters. The number of para-hydroxylation sites is 1. The summed E-state index contributed by atoms with van der Waals surface area (Å²) in [5, 5.41) is 12.1. The van der Waals surface area contributed by atoms with E-state index in [9.17, 15) is 9.59 Å². The lowest BCUT2D eigenvalue weighted by molar-refractivity contribution is 0.0696. The molecule has 0 aliphatic carbocycles. The van der Waals surface area contributed by atoms with Gasteiger partial charge >= 0.3 is 5.97 Å². The van der Waals surface area contributed by atoms with Crippen LogP contribution in [-0.4, -0.2) is 30.1 Å². The van der Waals surface area contributed by atoms with Crippen LogP contribution in [0, 0.1) is 0 Å². The highest BCUT2D eigenvalue weighted by molar-refractivity contribution is 6.01. The van der Waals surface area contributed by atoms with Crippen molar-refractivity contribution in [3.8, 4) is 0 Å². The van der Waals surface area contributed by atoms with E-state index in [1.807, 2.05) is 39.0 Å². The van der Waals surface area contributed by atoms with Crippen molar-refractivity contribution in [1.82, 2.24) is 5.32 Å². The van der Waals surface area contributed by atoms with Crippen LogP contribution < -0.4 is 10.2 Å². The fourth-order valence-corrected chi connectivity index (χ4v) is 3.82. The van der Waals surface area contributed by atoms with E-state index in [1.54, 1.807) is 24.3 Å². The van der Waals surface area contributed by atoms with Crippen LogP contribution in [0.5, 0.6) is 0 Å². The van der Waals surface area contributed by atoms with E-state index in [4.69, 9.17) is 5.11 Å². The Morgan fingerprint density at radius 3 is 2.53 bits per heavy atom. The minimum atomic E-state index is -0.961. The van der Waals surface area contributed by atoms with Gasteiger partial charge in [-0.3, -0.25) is 4.79 Å². The predicted molar refractivity (Wildman–Crippen MR) is 120 cm³/mol. The van der Waals surface area contributed by atoms with Crippen molar-refractivity contribution in [1.29, 1.82) is 0 Å². The maximum atomic E-state index is 13.1. The molecule has 1 aliphatic rings. The summed E-state index contributed by atoms with van der Waals surface area (Å²) < 4.78 is 0. The molecule has 1 amide bonds. The highest BCUT2D eigenvalue weighted by Gasteiger charge is 2.26. The van der Waals surface area contributed by atoms with E-state index >= 15 is 0 Å². The molecule has 0 spiro atoms. The van der Waals surface area contributed by atoms with Crippen molar-refractivity contribution in [2.75, 3.05) is 18.0 Å². The Hall–Kier alpha value is -3.34. The maximum absolute atomic E-state index is 13.1. The summed E-state index contributed by atoms with van der Waals surface area (Å²) in [5.41, 5.74) is 5.18. The van der Waals surface area contributed by atoms with Crippen LogP contribution in [0.2, 0.25) is 0 Å². The number of hydrogen-bond acceptors (Lipinski definition) is 3. The predicted octanol–water partition coefficient (Wildman–Crippen LogP) is 4.76. The number of nitrogens with one attached hydrogen (secondary N) is 1. The lowest BCUT2D eigenvalue weighted by atomic mass is 10.0. The fraction of sp³-hybridized carbons (Fsp3) is 0.280. The number of anilines is 1. The van der Waals surface area contributed by atoms with Gasteiger partial charge in [0.25, 0.3) is 5.91 Å². The normalized spacial score (nSPS) is 14.6. The number of rotatable bonds is 7. The van der Waals surface area contributed by atoms with Crippen LogP contribution in [-0.2, 0) is 6.42 Å². The average molecular weight is 405 g/mol. The molecule has 1 aliphatic heterocycles. The zero-order valence-electron chi connectivity index (χ0n) is 17.7. The average Bonchev–Trinajstić information content (AvgIpc) is 3.16. The smallest absolute Gasteiger partial charge is 0.335 e. The number of carboxylic acid groups (broad SMARTS) is 1. The number of carbonyl (C=O) groups is 2. The number of allylic oxidation sites excluding steroid dienone is 2. The molecule has 1 atom stereocenters. The van der Waals surface area contributed by atoms with Crippen molar-refractivity contribution in [3.05, 3.63) is 88.5 Å². The van der Waals surface area contributed by atoms with Gasteiger partial charge in [-0.25, -0.2) is 4.79 Å². The summed E-state index contributed by atoms with van der Waals surface area (Å²) in [5.74, 6) is -1.08. The first-order chi connectivity index (χ1) is 14.4. The van der Waals surface area contributed by atoms with Gasteiger partial charge in [0.15, 0.2) is 0 Å². The summed E-state index contributed by atoms with van der Waals surface area (Å²) >= 11 is 0. The number of carboxylic acids is 1. The van der Waals surface area contributed by atoms with E-state index in [0.29, 0.717) is 5.56 Å². The Morgan fingerprint density at radius 2 is 1.90 bits per heavy atom. The number of aromatic carboxylic acids is 1. The van der Waals surface area contributed by atoms with Crippen LogP contribution in [0.1, 0.15) is 58.7 Å². The molecular weight excluding hydrogens is 376 g/mol. The van der Waals surface area contributed by atoms with Crippen molar-refractivity contribution in [2.45, 2.75) is 33.2 Å². The Morgan fingerprint density at radius 1 is 1.17 bits per heavy atom. The molecule has 0 fully saturated rings. The van der Waals surface area contributed by atoms with E-state index in [-0.39, 0.29) is 17.5 Å². The molecule has 0 saturated heterocycles. The monoisotopic (exact) mass is 404 g/mol. The second-order valence-electron chi connectivity index (χ2n) is 7.47. The van der Waals surface area contributed by atoms with Gasteiger partial charge in [-0.05, 0) is 62.1 Å². The molecule has 0 aromatic heterocycles. The van der Waals surface area contributed by atoms with Crippen LogP contribution >= 0.6 is 0 Å². The van der Waals surface area contributed by atoms with Gasteiger partial charge in [-0.2, -0.15) is 0 Å². The second kappa shape index (κ2) is 9.44. The summed E-state index contributed by atoms with van der Waals surface area (Å²) in [4.78, 5) is 26.4. The molecule has 2 aromatic rings. The SMILES string of the molecule is C/C=C\C(=C/C)CN1CCc2cccc(C(=O)N[C@@H](C)c3ccc(C(=O)O)cc3)c21. The van der Waals surface area contributed by atoms with Gasteiger partial charge in [0, 0.05) is 13.1 Å². The van der Waals surface area contributed by atoms with Gasteiger partial charge in [0.1, 0.15) is 0 Å². The van der Waals surface area contributed by atoms with Crippen molar-refractivity contribution in [2.24, 2.45) is 0 Å². The van der Waals surface area contributed by atoms with Crippen LogP contribution in [0.3, 0.4) is 0 Å². The first-order valence-electron chi connectivity index (χ1n) is 10.2. The van der Waals surface area contributed by atoms with Gasteiger partial charge < -0.3 is 15.3 Å². The van der Waals surface area contributed by atoms with Gasteiger partial charge in [-0.1, -0.05) is 42.5 Å². The molecule has 0 bridgehead atoms. The molecule has 156 valence electrons. The lowest BCUT2D eigenvalue weighted by Gasteiger charge is -2.23. The third kappa shape index (κ3) is 4.62. The van der Waals surface area contributed by atoms with Crippen LogP contribution in [0.15, 0.2) is 66.3 Å². The van der Waals surface area contributed by atoms with Crippen molar-refractivity contribution >= 4 is 17.6 Å². The number of amides is 1. The summed E-state index contributed by atoms with van der Waals surface area (Å²) in [6, 6.07) is 12.3. The molecule has 0 radical (unpaired) electrons. The lowest BCUT2D eigenvalue weighted by Crippen LogP contribution is -2.30. The second-order valence-corrected chi connectivity index (χ2v) is 7.47. The first kappa shape index (κ1) is 21.4. The highest BCUT2D eigenvalue weighted by Crippen LogP contribution is 2.33. The molecule has 30 heavy (non-hydrogen) atoms. The zero-order valence-corrected chi connectivity index (χ0v) is 17.7. The van der Waals surface area contributed by atoms with E-state index in [0.717, 1.165) is 30.8 Å². The standard InChI is InChI=1S/C25H28N2O3/c1-4-7-18(5-2)16-27-15-14-20-8-6-9-22(23(20)27)24(28)26-17(3)19-10-12-21(13-11-19)25(29)30/h4-13,17H,14-16H2,1-3H3,(H,26,28)(H,29,30)/b7-4-,18-5+/t17-/m0/s1. The first-order valence-corrected chi connectivity index (χ1v) is 10.2. The molecule has 3 rings (SSSR count). The van der Waals surface area contributed by atoms with E-state index in [2.05, 4.69) is 28.4 Å². The molecule has 0 saturated carbocycles. The zero-order chi connectivity index (χ0) is 21.7.